The van der Waals surface area contributed by atoms with E-state index >= 15 is 0 Å². The van der Waals surface area contributed by atoms with Gasteiger partial charge in [-0.25, -0.2) is 0 Å². The van der Waals surface area contributed by atoms with Crippen LogP contribution >= 0.6 is 0 Å². The minimum atomic E-state index is 0.203. The second-order valence-electron chi connectivity index (χ2n) is 6.77. The first-order chi connectivity index (χ1) is 11.7. The molecule has 1 fully saturated rings. The molecule has 0 radical (unpaired) electrons. The number of anilines is 1. The Kier molecular flexibility index (Phi) is 4.00. The van der Waals surface area contributed by atoms with E-state index in [0.29, 0.717) is 19.0 Å². The van der Waals surface area contributed by atoms with E-state index in [9.17, 15) is 4.79 Å². The number of aromatic nitrogens is 2. The van der Waals surface area contributed by atoms with E-state index in [2.05, 4.69) is 41.2 Å². The van der Waals surface area contributed by atoms with E-state index in [4.69, 9.17) is 0 Å². The Labute approximate surface area is 142 Å². The molecule has 1 atom stereocenters. The molecule has 0 saturated carbocycles. The average molecular weight is 324 g/mol. The highest BCUT2D eigenvalue weighted by Crippen LogP contribution is 2.33. The summed E-state index contributed by atoms with van der Waals surface area (Å²) in [5, 5.41) is 4.28. The Morgan fingerprint density at radius 3 is 3.04 bits per heavy atom. The maximum absolute atomic E-state index is 12.9. The molecular formula is C19H24N4O. The van der Waals surface area contributed by atoms with E-state index in [0.717, 1.165) is 25.2 Å². The fraction of sp³-hybridized carbons (Fsp3) is 0.474. The van der Waals surface area contributed by atoms with Gasteiger partial charge in [-0.15, -0.1) is 0 Å². The van der Waals surface area contributed by atoms with Crippen LogP contribution in [0.3, 0.4) is 0 Å². The molecule has 0 aliphatic carbocycles. The number of hydrogen-bond donors (Lipinski definition) is 0. The van der Waals surface area contributed by atoms with Gasteiger partial charge >= 0.3 is 0 Å². The molecule has 24 heavy (non-hydrogen) atoms. The van der Waals surface area contributed by atoms with Gasteiger partial charge in [-0.2, -0.15) is 5.10 Å². The molecule has 0 unspecified atom stereocenters. The number of nitrogens with zero attached hydrogens (tertiary/aromatic N) is 4. The predicted octanol–water partition coefficient (Wildman–Crippen LogP) is 2.46. The van der Waals surface area contributed by atoms with Crippen LogP contribution in [-0.4, -0.2) is 39.7 Å². The van der Waals surface area contributed by atoms with Crippen molar-refractivity contribution < 1.29 is 4.79 Å². The van der Waals surface area contributed by atoms with Crippen LogP contribution in [0.15, 0.2) is 36.7 Å². The number of aryl methyl sites for hydroxylation is 1. The van der Waals surface area contributed by atoms with Crippen molar-refractivity contribution in [1.29, 1.82) is 0 Å². The lowest BCUT2D eigenvalue weighted by atomic mass is 10.1. The van der Waals surface area contributed by atoms with E-state index in [1.807, 2.05) is 22.0 Å². The Balaban J connectivity index is 1.56. The van der Waals surface area contributed by atoms with Gasteiger partial charge in [0, 0.05) is 44.1 Å². The molecule has 5 nitrogen and oxygen atoms in total. The summed E-state index contributed by atoms with van der Waals surface area (Å²) in [4.78, 5) is 17.4. The molecule has 4 rings (SSSR count). The van der Waals surface area contributed by atoms with Crippen LogP contribution in [0.4, 0.5) is 5.69 Å². The standard InChI is InChI=1S/C19H24N4O/c1-2-22-12-15(11-20-22)10-19(24)21-13-16-6-3-4-8-18(16)23-9-5-7-17(23)14-21/h3-4,6,8,11-12,17H,2,5,7,9-10,13-14H2,1H3/t17-/m0/s1. The Morgan fingerprint density at radius 2 is 2.21 bits per heavy atom. The second-order valence-corrected chi connectivity index (χ2v) is 6.77. The van der Waals surface area contributed by atoms with Crippen molar-refractivity contribution in [3.05, 3.63) is 47.8 Å². The molecule has 0 N–H and O–H groups in total. The van der Waals surface area contributed by atoms with Gasteiger partial charge in [0.1, 0.15) is 0 Å². The lowest BCUT2D eigenvalue weighted by Gasteiger charge is -2.27. The highest BCUT2D eigenvalue weighted by atomic mass is 16.2. The molecule has 1 aromatic heterocycles. The van der Waals surface area contributed by atoms with Crippen molar-refractivity contribution in [3.8, 4) is 0 Å². The van der Waals surface area contributed by atoms with Crippen LogP contribution in [0.5, 0.6) is 0 Å². The predicted molar refractivity (Wildman–Crippen MR) is 93.8 cm³/mol. The Bertz CT molecular complexity index is 738. The highest BCUT2D eigenvalue weighted by Gasteiger charge is 2.32. The zero-order valence-corrected chi connectivity index (χ0v) is 14.2. The minimum Gasteiger partial charge on any atom is -0.366 e. The third-order valence-electron chi connectivity index (χ3n) is 5.19. The lowest BCUT2D eigenvalue weighted by Crippen LogP contribution is -2.40. The molecule has 0 spiro atoms. The first-order valence-electron chi connectivity index (χ1n) is 8.88. The third kappa shape index (κ3) is 2.79. The molecular weight excluding hydrogens is 300 g/mol. The van der Waals surface area contributed by atoms with Gasteiger partial charge in [0.25, 0.3) is 0 Å². The van der Waals surface area contributed by atoms with Crippen LogP contribution in [0, 0.1) is 0 Å². The van der Waals surface area contributed by atoms with Crippen LogP contribution in [0.1, 0.15) is 30.9 Å². The van der Waals surface area contributed by atoms with Gasteiger partial charge in [0.05, 0.1) is 12.6 Å². The second kappa shape index (κ2) is 6.30. The van der Waals surface area contributed by atoms with Crippen molar-refractivity contribution >= 4 is 11.6 Å². The molecule has 5 heteroatoms. The van der Waals surface area contributed by atoms with Gasteiger partial charge in [-0.1, -0.05) is 18.2 Å². The SMILES string of the molecule is CCn1cc(CC(=O)N2Cc3ccccc3N3CCC[C@H]3C2)cn1. The van der Waals surface area contributed by atoms with Crippen molar-refractivity contribution in [2.75, 3.05) is 18.0 Å². The number of carbonyl (C=O) groups excluding carboxylic acids is 1. The van der Waals surface area contributed by atoms with Crippen molar-refractivity contribution in [3.63, 3.8) is 0 Å². The Morgan fingerprint density at radius 1 is 1.33 bits per heavy atom. The summed E-state index contributed by atoms with van der Waals surface area (Å²) >= 11 is 0. The molecule has 2 aliphatic rings. The average Bonchev–Trinajstić information content (AvgIpc) is 3.21. The molecule has 3 heterocycles. The van der Waals surface area contributed by atoms with Gasteiger partial charge in [0.2, 0.25) is 5.91 Å². The van der Waals surface area contributed by atoms with Gasteiger partial charge in [-0.3, -0.25) is 9.48 Å². The maximum Gasteiger partial charge on any atom is 0.227 e. The van der Waals surface area contributed by atoms with Crippen LogP contribution in [0.2, 0.25) is 0 Å². The summed E-state index contributed by atoms with van der Waals surface area (Å²) in [6.45, 7) is 5.54. The molecule has 1 amide bonds. The van der Waals surface area contributed by atoms with Crippen LogP contribution < -0.4 is 4.90 Å². The summed E-state index contributed by atoms with van der Waals surface area (Å²) in [6, 6.07) is 8.99. The molecule has 0 bridgehead atoms. The third-order valence-corrected chi connectivity index (χ3v) is 5.19. The zero-order chi connectivity index (χ0) is 16.5. The fourth-order valence-corrected chi connectivity index (χ4v) is 3.94. The number of rotatable bonds is 3. The molecule has 1 saturated heterocycles. The van der Waals surface area contributed by atoms with Gasteiger partial charge < -0.3 is 9.80 Å². The number of benzene rings is 1. The van der Waals surface area contributed by atoms with E-state index in [1.165, 1.54) is 24.1 Å². The number of amides is 1. The van der Waals surface area contributed by atoms with Crippen LogP contribution in [0.25, 0.3) is 0 Å². The maximum atomic E-state index is 12.9. The summed E-state index contributed by atoms with van der Waals surface area (Å²) in [6.07, 6.45) is 6.62. The summed E-state index contributed by atoms with van der Waals surface area (Å²) in [7, 11) is 0. The van der Waals surface area contributed by atoms with E-state index in [1.54, 1.807) is 0 Å². The first kappa shape index (κ1) is 15.2. The van der Waals surface area contributed by atoms with E-state index in [-0.39, 0.29) is 5.91 Å². The topological polar surface area (TPSA) is 41.4 Å². The summed E-state index contributed by atoms with van der Waals surface area (Å²) < 4.78 is 1.87. The number of fused-ring (bicyclic) bond motifs is 3. The quantitative estimate of drug-likeness (QED) is 0.871. The highest BCUT2D eigenvalue weighted by molar-refractivity contribution is 5.79. The van der Waals surface area contributed by atoms with Crippen molar-refractivity contribution in [1.82, 2.24) is 14.7 Å². The molecule has 126 valence electrons. The van der Waals surface area contributed by atoms with Crippen LogP contribution in [-0.2, 0) is 24.3 Å². The summed E-state index contributed by atoms with van der Waals surface area (Å²) in [5.74, 6) is 0.203. The number of hydrogen-bond acceptors (Lipinski definition) is 3. The fourth-order valence-electron chi connectivity index (χ4n) is 3.94. The molecule has 2 aliphatic heterocycles. The zero-order valence-electron chi connectivity index (χ0n) is 14.2. The smallest absolute Gasteiger partial charge is 0.227 e. The number of para-hydroxylation sites is 1. The lowest BCUT2D eigenvalue weighted by molar-refractivity contribution is -0.131. The minimum absolute atomic E-state index is 0.203. The molecule has 1 aromatic carbocycles. The Hall–Kier alpha value is -2.30. The molecule has 2 aromatic rings. The van der Waals surface area contributed by atoms with E-state index < -0.39 is 0 Å². The normalized spacial score (nSPS) is 19.8. The monoisotopic (exact) mass is 324 g/mol. The van der Waals surface area contributed by atoms with Gasteiger partial charge in [-0.05, 0) is 37.0 Å². The van der Waals surface area contributed by atoms with Gasteiger partial charge in [0.15, 0.2) is 0 Å². The number of carbonyl (C=O) groups is 1. The van der Waals surface area contributed by atoms with Crippen molar-refractivity contribution in [2.45, 2.75) is 45.3 Å². The summed E-state index contributed by atoms with van der Waals surface area (Å²) in [5.41, 5.74) is 3.58. The largest absolute Gasteiger partial charge is 0.366 e. The van der Waals surface area contributed by atoms with Crippen molar-refractivity contribution in [2.24, 2.45) is 0 Å². The first-order valence-corrected chi connectivity index (χ1v) is 8.88.